The molecule has 0 aromatic heterocycles. The van der Waals surface area contributed by atoms with Crippen molar-refractivity contribution in [3.05, 3.63) is 60.2 Å². The Labute approximate surface area is 156 Å². The molecule has 0 atom stereocenters. The Morgan fingerprint density at radius 2 is 2.04 bits per heavy atom. The highest BCUT2D eigenvalue weighted by Crippen LogP contribution is 2.31. The van der Waals surface area contributed by atoms with Crippen LogP contribution in [0.25, 0.3) is 6.08 Å². The number of nitrogens with one attached hydrogen (secondary N) is 1. The first-order valence-electron chi connectivity index (χ1n) is 8.33. The molecule has 0 saturated heterocycles. The predicted molar refractivity (Wildman–Crippen MR) is 103 cm³/mol. The van der Waals surface area contributed by atoms with Crippen molar-refractivity contribution in [1.82, 2.24) is 5.43 Å². The van der Waals surface area contributed by atoms with Gasteiger partial charge in [-0.25, -0.2) is 5.43 Å². The number of carbonyl (C=O) groups excluding carboxylic acids is 2. The van der Waals surface area contributed by atoms with Crippen LogP contribution in [0.3, 0.4) is 0 Å². The first-order chi connectivity index (χ1) is 13.2. The van der Waals surface area contributed by atoms with Gasteiger partial charge >= 0.3 is 0 Å². The lowest BCUT2D eigenvalue weighted by molar-refractivity contribution is -0.125. The third kappa shape index (κ3) is 4.52. The Kier molecular flexibility index (Phi) is 5.84. The third-order valence-corrected chi connectivity index (χ3v) is 3.87. The summed E-state index contributed by atoms with van der Waals surface area (Å²) in [7, 11) is 1.60. The average molecular weight is 365 g/mol. The Bertz CT molecular complexity index is 892. The molecule has 0 fully saturated rings. The van der Waals surface area contributed by atoms with Crippen molar-refractivity contribution >= 4 is 29.8 Å². The normalized spacial score (nSPS) is 13.5. The summed E-state index contributed by atoms with van der Waals surface area (Å²) in [6.07, 6.45) is 4.96. The van der Waals surface area contributed by atoms with E-state index in [0.29, 0.717) is 11.4 Å². The Hall–Kier alpha value is -3.61. The summed E-state index contributed by atoms with van der Waals surface area (Å²) in [5.74, 6) is 0.648. The van der Waals surface area contributed by atoms with Crippen LogP contribution in [0.5, 0.6) is 11.5 Å². The number of anilines is 1. The maximum absolute atomic E-state index is 12.1. The molecule has 0 bridgehead atoms. The van der Waals surface area contributed by atoms with E-state index >= 15 is 0 Å². The zero-order chi connectivity index (χ0) is 19.1. The molecule has 27 heavy (non-hydrogen) atoms. The summed E-state index contributed by atoms with van der Waals surface area (Å²) in [4.78, 5) is 25.5. The van der Waals surface area contributed by atoms with Crippen LogP contribution in [-0.4, -0.2) is 38.3 Å². The second-order valence-electron chi connectivity index (χ2n) is 5.65. The van der Waals surface area contributed by atoms with Crippen molar-refractivity contribution in [3.8, 4) is 11.5 Å². The molecule has 0 unspecified atom stereocenters. The summed E-state index contributed by atoms with van der Waals surface area (Å²) < 4.78 is 10.6. The van der Waals surface area contributed by atoms with Crippen molar-refractivity contribution in [2.75, 3.05) is 25.2 Å². The van der Waals surface area contributed by atoms with E-state index in [2.05, 4.69) is 10.5 Å². The average Bonchev–Trinajstić information content (AvgIpc) is 2.70. The maximum atomic E-state index is 12.1. The molecule has 7 heteroatoms. The minimum atomic E-state index is -0.401. The molecule has 0 aliphatic carbocycles. The number of hydrogen-bond donors (Lipinski definition) is 1. The Morgan fingerprint density at radius 1 is 1.26 bits per heavy atom. The van der Waals surface area contributed by atoms with E-state index < -0.39 is 5.91 Å². The fraction of sp³-hybridized carbons (Fsp3) is 0.150. The van der Waals surface area contributed by atoms with E-state index in [9.17, 15) is 9.59 Å². The number of allylic oxidation sites excluding steroid dienone is 1. The molecule has 1 N–H and O–H groups in total. The summed E-state index contributed by atoms with van der Waals surface area (Å²) in [5.41, 5.74) is 3.88. The van der Waals surface area contributed by atoms with E-state index in [1.807, 2.05) is 36.4 Å². The van der Waals surface area contributed by atoms with Crippen LogP contribution in [0.2, 0.25) is 0 Å². The van der Waals surface area contributed by atoms with Crippen LogP contribution in [0.4, 0.5) is 5.69 Å². The minimum absolute atomic E-state index is 0.0881. The topological polar surface area (TPSA) is 80.2 Å². The highest BCUT2D eigenvalue weighted by atomic mass is 16.5. The number of amides is 2. The van der Waals surface area contributed by atoms with Crippen LogP contribution in [-0.2, 0) is 9.59 Å². The second kappa shape index (κ2) is 8.66. The molecule has 1 heterocycles. The fourth-order valence-corrected chi connectivity index (χ4v) is 2.61. The molecule has 7 nitrogen and oxygen atoms in total. The van der Waals surface area contributed by atoms with Crippen LogP contribution in [0.1, 0.15) is 5.56 Å². The molecule has 0 saturated carbocycles. The number of rotatable bonds is 6. The molecule has 2 aromatic carbocycles. The molecular weight excluding hydrogens is 346 g/mol. The molecule has 1 aliphatic rings. The second-order valence-corrected chi connectivity index (χ2v) is 5.65. The highest BCUT2D eigenvalue weighted by molar-refractivity contribution is 6.02. The zero-order valence-corrected chi connectivity index (χ0v) is 14.8. The SMILES string of the molecule is COc1ccccc1/C=C/C=N\NC(=O)CN1C(=O)COc2ccccc21. The maximum Gasteiger partial charge on any atom is 0.265 e. The smallest absolute Gasteiger partial charge is 0.265 e. The van der Waals surface area contributed by atoms with Crippen molar-refractivity contribution < 1.29 is 19.1 Å². The van der Waals surface area contributed by atoms with E-state index in [1.54, 1.807) is 31.4 Å². The molecular formula is C20H19N3O4. The Balaban J connectivity index is 1.56. The van der Waals surface area contributed by atoms with Crippen molar-refractivity contribution in [3.63, 3.8) is 0 Å². The van der Waals surface area contributed by atoms with Crippen LogP contribution < -0.4 is 19.8 Å². The number of hydrogen-bond acceptors (Lipinski definition) is 5. The lowest BCUT2D eigenvalue weighted by Crippen LogP contribution is -2.44. The van der Waals surface area contributed by atoms with E-state index in [0.717, 1.165) is 11.3 Å². The summed E-state index contributed by atoms with van der Waals surface area (Å²) >= 11 is 0. The van der Waals surface area contributed by atoms with Gasteiger partial charge in [-0.05, 0) is 30.4 Å². The first-order valence-corrected chi connectivity index (χ1v) is 8.33. The number of ether oxygens (including phenoxy) is 2. The number of methoxy groups -OCH3 is 1. The van der Waals surface area contributed by atoms with Crippen LogP contribution >= 0.6 is 0 Å². The molecule has 138 valence electrons. The predicted octanol–water partition coefficient (Wildman–Crippen LogP) is 2.24. The number of fused-ring (bicyclic) bond motifs is 1. The molecule has 1 aliphatic heterocycles. The largest absolute Gasteiger partial charge is 0.496 e. The lowest BCUT2D eigenvalue weighted by atomic mass is 10.2. The minimum Gasteiger partial charge on any atom is -0.496 e. The van der Waals surface area contributed by atoms with E-state index in [4.69, 9.17) is 9.47 Å². The van der Waals surface area contributed by atoms with E-state index in [-0.39, 0.29) is 19.1 Å². The van der Waals surface area contributed by atoms with Gasteiger partial charge in [-0.1, -0.05) is 30.3 Å². The van der Waals surface area contributed by atoms with Crippen molar-refractivity contribution in [2.45, 2.75) is 0 Å². The summed E-state index contributed by atoms with van der Waals surface area (Å²) in [5, 5.41) is 3.87. The van der Waals surface area contributed by atoms with Crippen molar-refractivity contribution in [1.29, 1.82) is 0 Å². The molecule has 2 aromatic rings. The van der Waals surface area contributed by atoms with Crippen LogP contribution in [0, 0.1) is 0 Å². The zero-order valence-electron chi connectivity index (χ0n) is 14.8. The van der Waals surface area contributed by atoms with Gasteiger partial charge in [0.05, 0.1) is 12.8 Å². The van der Waals surface area contributed by atoms with Gasteiger partial charge < -0.3 is 9.47 Å². The van der Waals surface area contributed by atoms with Gasteiger partial charge in [-0.15, -0.1) is 0 Å². The molecule has 0 radical (unpaired) electrons. The standard InChI is InChI=1S/C20H19N3O4/c1-26-17-10-4-2-7-15(17)8-6-12-21-22-19(24)13-23-16-9-3-5-11-18(16)27-14-20(23)25/h2-12H,13-14H2,1H3,(H,22,24)/b8-6+,21-12-. The Morgan fingerprint density at radius 3 is 2.89 bits per heavy atom. The lowest BCUT2D eigenvalue weighted by Gasteiger charge is -2.28. The number of hydrazone groups is 1. The number of para-hydroxylation sites is 3. The van der Waals surface area contributed by atoms with Crippen LogP contribution in [0.15, 0.2) is 59.7 Å². The van der Waals surface area contributed by atoms with Gasteiger partial charge in [0.2, 0.25) is 0 Å². The summed E-state index contributed by atoms with van der Waals surface area (Å²) in [6, 6.07) is 14.6. The fourth-order valence-electron chi connectivity index (χ4n) is 2.61. The quantitative estimate of drug-likeness (QED) is 0.629. The molecule has 3 rings (SSSR count). The number of benzene rings is 2. The van der Waals surface area contributed by atoms with Gasteiger partial charge in [0, 0.05) is 11.8 Å². The van der Waals surface area contributed by atoms with E-state index in [1.165, 1.54) is 11.1 Å². The number of carbonyl (C=O) groups is 2. The molecule has 2 amide bonds. The van der Waals surface area contributed by atoms with Gasteiger partial charge in [0.25, 0.3) is 11.8 Å². The third-order valence-electron chi connectivity index (χ3n) is 3.87. The van der Waals surface area contributed by atoms with Gasteiger partial charge in [0.15, 0.2) is 6.61 Å². The van der Waals surface area contributed by atoms with Gasteiger partial charge in [-0.2, -0.15) is 5.10 Å². The number of nitrogens with zero attached hydrogens (tertiary/aromatic N) is 2. The van der Waals surface area contributed by atoms with Gasteiger partial charge in [-0.3, -0.25) is 14.5 Å². The summed E-state index contributed by atoms with van der Waals surface area (Å²) in [6.45, 7) is -0.220. The molecule has 0 spiro atoms. The highest BCUT2D eigenvalue weighted by Gasteiger charge is 2.26. The monoisotopic (exact) mass is 365 g/mol. The van der Waals surface area contributed by atoms with Gasteiger partial charge in [0.1, 0.15) is 18.0 Å². The van der Waals surface area contributed by atoms with Crippen molar-refractivity contribution in [2.24, 2.45) is 5.10 Å². The first kappa shape index (κ1) is 18.2.